The van der Waals surface area contributed by atoms with E-state index in [2.05, 4.69) is 24.1 Å². The zero-order valence-electron chi connectivity index (χ0n) is 12.8. The molecule has 2 rings (SSSR count). The summed E-state index contributed by atoms with van der Waals surface area (Å²) in [6.07, 6.45) is 0.953. The zero-order chi connectivity index (χ0) is 15.2. The van der Waals surface area contributed by atoms with Crippen LogP contribution in [0.2, 0.25) is 0 Å². The van der Waals surface area contributed by atoms with Crippen molar-refractivity contribution in [3.8, 4) is 0 Å². The number of carbonyl (C=O) groups is 2. The highest BCUT2D eigenvalue weighted by Crippen LogP contribution is 2.10. The summed E-state index contributed by atoms with van der Waals surface area (Å²) in [6.45, 7) is 8.07. The topological polar surface area (TPSA) is 52.7 Å². The fourth-order valence-corrected chi connectivity index (χ4v) is 2.42. The lowest BCUT2D eigenvalue weighted by atomic mass is 10.1. The molecule has 114 valence electrons. The van der Waals surface area contributed by atoms with Gasteiger partial charge in [-0.15, -0.1) is 0 Å². The van der Waals surface area contributed by atoms with Crippen LogP contribution in [-0.2, 0) is 16.0 Å². The Balaban J connectivity index is 1.89. The van der Waals surface area contributed by atoms with Gasteiger partial charge in [0.1, 0.15) is 0 Å². The van der Waals surface area contributed by atoms with E-state index in [0.717, 1.165) is 26.1 Å². The van der Waals surface area contributed by atoms with Gasteiger partial charge in [0, 0.05) is 31.9 Å². The van der Waals surface area contributed by atoms with Gasteiger partial charge in [0.2, 0.25) is 0 Å². The Labute approximate surface area is 125 Å². The Kier molecular flexibility index (Phi) is 5.33. The van der Waals surface area contributed by atoms with Gasteiger partial charge in [-0.2, -0.15) is 0 Å². The molecule has 1 aliphatic rings. The first-order valence-electron chi connectivity index (χ1n) is 7.55. The lowest BCUT2D eigenvalue weighted by molar-refractivity contribution is -0.144. The summed E-state index contributed by atoms with van der Waals surface area (Å²) in [4.78, 5) is 28.0. The number of aryl methyl sites for hydroxylation is 1. The van der Waals surface area contributed by atoms with Gasteiger partial charge < -0.3 is 15.1 Å². The molecule has 0 aromatic heterocycles. The smallest absolute Gasteiger partial charge is 0.313 e. The van der Waals surface area contributed by atoms with Crippen LogP contribution in [0.1, 0.15) is 19.4 Å². The summed E-state index contributed by atoms with van der Waals surface area (Å²) in [5, 5.41) is 2.67. The lowest BCUT2D eigenvalue weighted by Crippen LogP contribution is -2.51. The minimum atomic E-state index is -0.552. The van der Waals surface area contributed by atoms with Crippen LogP contribution in [0.5, 0.6) is 0 Å². The van der Waals surface area contributed by atoms with Crippen molar-refractivity contribution in [2.75, 3.05) is 38.0 Å². The van der Waals surface area contributed by atoms with E-state index in [4.69, 9.17) is 0 Å². The number of carbonyl (C=O) groups excluding carboxylic acids is 2. The Bertz CT molecular complexity index is 491. The van der Waals surface area contributed by atoms with Crippen molar-refractivity contribution in [3.05, 3.63) is 29.8 Å². The second kappa shape index (κ2) is 7.22. The summed E-state index contributed by atoms with van der Waals surface area (Å²) in [7, 11) is 0. The van der Waals surface area contributed by atoms with Crippen molar-refractivity contribution in [1.29, 1.82) is 0 Å². The molecule has 1 N–H and O–H groups in total. The molecule has 1 saturated heterocycles. The molecule has 0 saturated carbocycles. The number of likely N-dealkylation sites (N-methyl/N-ethyl adjacent to an activating group) is 1. The zero-order valence-corrected chi connectivity index (χ0v) is 12.8. The molecule has 0 bridgehead atoms. The van der Waals surface area contributed by atoms with Gasteiger partial charge in [0.25, 0.3) is 0 Å². The molecule has 0 atom stereocenters. The molecular formula is C16H23N3O2. The number of rotatable bonds is 3. The van der Waals surface area contributed by atoms with Gasteiger partial charge in [0.05, 0.1) is 0 Å². The van der Waals surface area contributed by atoms with Crippen LogP contribution in [0.25, 0.3) is 0 Å². The van der Waals surface area contributed by atoms with Gasteiger partial charge in [0.15, 0.2) is 0 Å². The molecule has 5 heteroatoms. The monoisotopic (exact) mass is 289 g/mol. The number of piperazine rings is 1. The highest BCUT2D eigenvalue weighted by atomic mass is 16.2. The predicted octanol–water partition coefficient (Wildman–Crippen LogP) is 1.35. The Hall–Kier alpha value is -1.88. The van der Waals surface area contributed by atoms with Crippen LogP contribution >= 0.6 is 0 Å². The van der Waals surface area contributed by atoms with E-state index < -0.39 is 11.8 Å². The maximum atomic E-state index is 12.1. The van der Waals surface area contributed by atoms with Gasteiger partial charge >= 0.3 is 11.8 Å². The summed E-state index contributed by atoms with van der Waals surface area (Å²) >= 11 is 0. The van der Waals surface area contributed by atoms with E-state index in [1.807, 2.05) is 24.3 Å². The standard InChI is InChI=1S/C16H23N3O2/c1-3-13-5-7-14(8-6-13)17-15(20)16(21)19-11-9-18(4-2)10-12-19/h5-8H,3-4,9-12H2,1-2H3,(H,17,20). The number of nitrogens with one attached hydrogen (secondary N) is 1. The number of hydrogen-bond donors (Lipinski definition) is 1. The van der Waals surface area contributed by atoms with Crippen LogP contribution in [0.3, 0.4) is 0 Å². The average molecular weight is 289 g/mol. The number of anilines is 1. The van der Waals surface area contributed by atoms with E-state index in [-0.39, 0.29) is 0 Å². The van der Waals surface area contributed by atoms with Crippen LogP contribution in [0.15, 0.2) is 24.3 Å². The Morgan fingerprint density at radius 2 is 1.67 bits per heavy atom. The van der Waals surface area contributed by atoms with E-state index in [1.165, 1.54) is 5.56 Å². The lowest BCUT2D eigenvalue weighted by Gasteiger charge is -2.33. The summed E-state index contributed by atoms with van der Waals surface area (Å²) in [5.41, 5.74) is 1.87. The molecule has 0 radical (unpaired) electrons. The average Bonchev–Trinajstić information content (AvgIpc) is 2.55. The summed E-state index contributed by atoms with van der Waals surface area (Å²) < 4.78 is 0. The normalized spacial score (nSPS) is 15.8. The van der Waals surface area contributed by atoms with Crippen molar-refractivity contribution in [1.82, 2.24) is 9.80 Å². The summed E-state index contributed by atoms with van der Waals surface area (Å²) in [5.74, 6) is -0.991. The molecule has 0 aliphatic carbocycles. The van der Waals surface area contributed by atoms with Crippen LogP contribution < -0.4 is 5.32 Å². The predicted molar refractivity (Wildman–Crippen MR) is 83.1 cm³/mol. The van der Waals surface area contributed by atoms with Crippen LogP contribution in [0.4, 0.5) is 5.69 Å². The maximum absolute atomic E-state index is 12.1. The third kappa shape index (κ3) is 4.04. The largest absolute Gasteiger partial charge is 0.332 e. The Morgan fingerprint density at radius 1 is 1.05 bits per heavy atom. The SMILES string of the molecule is CCc1ccc(NC(=O)C(=O)N2CCN(CC)CC2)cc1. The van der Waals surface area contributed by atoms with Crippen molar-refractivity contribution >= 4 is 17.5 Å². The minimum Gasteiger partial charge on any atom is -0.332 e. The van der Waals surface area contributed by atoms with Gasteiger partial charge in [-0.25, -0.2) is 0 Å². The highest BCUT2D eigenvalue weighted by Gasteiger charge is 2.25. The number of hydrogen-bond acceptors (Lipinski definition) is 3. The van der Waals surface area contributed by atoms with E-state index in [0.29, 0.717) is 18.8 Å². The van der Waals surface area contributed by atoms with Crippen molar-refractivity contribution in [2.45, 2.75) is 20.3 Å². The van der Waals surface area contributed by atoms with Crippen molar-refractivity contribution in [2.24, 2.45) is 0 Å². The second-order valence-electron chi connectivity index (χ2n) is 5.23. The quantitative estimate of drug-likeness (QED) is 0.855. The number of nitrogens with zero attached hydrogens (tertiary/aromatic N) is 2. The van der Waals surface area contributed by atoms with Crippen molar-refractivity contribution < 1.29 is 9.59 Å². The fourth-order valence-electron chi connectivity index (χ4n) is 2.42. The molecule has 1 aliphatic heterocycles. The van der Waals surface area contributed by atoms with Crippen LogP contribution in [-0.4, -0.2) is 54.3 Å². The van der Waals surface area contributed by atoms with Gasteiger partial charge in [-0.1, -0.05) is 26.0 Å². The van der Waals surface area contributed by atoms with Gasteiger partial charge in [-0.3, -0.25) is 9.59 Å². The van der Waals surface area contributed by atoms with E-state index in [9.17, 15) is 9.59 Å². The number of amides is 2. The molecule has 5 nitrogen and oxygen atoms in total. The van der Waals surface area contributed by atoms with Gasteiger partial charge in [-0.05, 0) is 30.7 Å². The summed E-state index contributed by atoms with van der Waals surface area (Å²) in [6, 6.07) is 7.58. The molecule has 21 heavy (non-hydrogen) atoms. The molecule has 1 fully saturated rings. The molecule has 0 spiro atoms. The fraction of sp³-hybridized carbons (Fsp3) is 0.500. The molecule has 0 unspecified atom stereocenters. The highest BCUT2D eigenvalue weighted by molar-refractivity contribution is 6.39. The molecule has 1 aromatic rings. The molecule has 1 heterocycles. The minimum absolute atomic E-state index is 0.440. The molecule has 1 aromatic carbocycles. The first kappa shape index (κ1) is 15.5. The molecular weight excluding hydrogens is 266 g/mol. The second-order valence-corrected chi connectivity index (χ2v) is 5.23. The van der Waals surface area contributed by atoms with E-state index in [1.54, 1.807) is 4.90 Å². The first-order valence-corrected chi connectivity index (χ1v) is 7.55. The first-order chi connectivity index (χ1) is 10.1. The van der Waals surface area contributed by atoms with E-state index >= 15 is 0 Å². The number of benzene rings is 1. The Morgan fingerprint density at radius 3 is 2.19 bits per heavy atom. The third-order valence-electron chi connectivity index (χ3n) is 3.92. The van der Waals surface area contributed by atoms with Crippen LogP contribution in [0, 0.1) is 0 Å². The maximum Gasteiger partial charge on any atom is 0.313 e. The third-order valence-corrected chi connectivity index (χ3v) is 3.92. The van der Waals surface area contributed by atoms with Crippen molar-refractivity contribution in [3.63, 3.8) is 0 Å². The molecule has 2 amide bonds.